The molecule has 0 radical (unpaired) electrons. The number of aromatic nitrogens is 2. The molecule has 0 saturated carbocycles. The molecular formula is C23H24FN5O3. The van der Waals surface area contributed by atoms with Gasteiger partial charge in [0, 0.05) is 24.0 Å². The second-order valence-electron chi connectivity index (χ2n) is 7.53. The molecule has 9 heteroatoms. The van der Waals surface area contributed by atoms with Crippen LogP contribution in [-0.4, -0.2) is 47.1 Å². The third-order valence-corrected chi connectivity index (χ3v) is 4.53. The first kappa shape index (κ1) is 22.8. The van der Waals surface area contributed by atoms with E-state index in [9.17, 15) is 18.8 Å². The number of carbonyl (C=O) groups excluding carboxylic acids is 2. The molecule has 0 spiro atoms. The van der Waals surface area contributed by atoms with Crippen LogP contribution in [0.15, 0.2) is 59.4 Å². The van der Waals surface area contributed by atoms with Crippen molar-refractivity contribution in [2.75, 3.05) is 26.0 Å². The summed E-state index contributed by atoms with van der Waals surface area (Å²) in [7, 11) is 3.59. The number of carbonyl (C=O) groups is 2. The van der Waals surface area contributed by atoms with Crippen molar-refractivity contribution in [3.63, 3.8) is 0 Å². The molecule has 0 fully saturated rings. The Hall–Kier alpha value is -3.85. The molecule has 3 aromatic rings. The predicted molar refractivity (Wildman–Crippen MR) is 119 cm³/mol. The van der Waals surface area contributed by atoms with E-state index in [1.165, 1.54) is 22.9 Å². The van der Waals surface area contributed by atoms with Crippen molar-refractivity contribution in [3.8, 4) is 5.69 Å². The molecule has 2 amide bonds. The van der Waals surface area contributed by atoms with Crippen molar-refractivity contribution < 1.29 is 14.0 Å². The van der Waals surface area contributed by atoms with E-state index >= 15 is 0 Å². The van der Waals surface area contributed by atoms with Gasteiger partial charge in [0.05, 0.1) is 6.54 Å². The fraction of sp³-hybridized carbons (Fsp3) is 0.217. The van der Waals surface area contributed by atoms with Crippen molar-refractivity contribution in [1.29, 1.82) is 0 Å². The van der Waals surface area contributed by atoms with Crippen molar-refractivity contribution in [3.05, 3.63) is 87.6 Å². The first-order chi connectivity index (χ1) is 15.2. The van der Waals surface area contributed by atoms with Gasteiger partial charge in [-0.15, -0.1) is 0 Å². The Morgan fingerprint density at radius 3 is 2.56 bits per heavy atom. The number of nitrogens with zero attached hydrogens (tertiary/aromatic N) is 3. The van der Waals surface area contributed by atoms with Gasteiger partial charge in [-0.05, 0) is 50.8 Å². The van der Waals surface area contributed by atoms with Crippen molar-refractivity contribution >= 4 is 17.5 Å². The van der Waals surface area contributed by atoms with E-state index in [-0.39, 0.29) is 30.4 Å². The zero-order chi connectivity index (χ0) is 23.3. The molecular weight excluding hydrogens is 413 g/mol. The lowest BCUT2D eigenvalue weighted by Gasteiger charge is -2.13. The van der Waals surface area contributed by atoms with Crippen LogP contribution in [0.3, 0.4) is 0 Å². The number of amides is 2. The standard InChI is InChI=1S/C23H24FN5O3/c1-15-11-20(30)22(27-29(15)19-10-5-4-9-18(19)24)23(32)25-13-16-7-6-8-17(12-16)26-21(31)14-28(2)3/h4-12H,13-14H2,1-3H3,(H,25,32)(H,26,31). The smallest absolute Gasteiger partial charge is 0.276 e. The normalized spacial score (nSPS) is 10.8. The van der Waals surface area contributed by atoms with E-state index in [4.69, 9.17) is 0 Å². The van der Waals surface area contributed by atoms with Gasteiger partial charge in [-0.1, -0.05) is 24.3 Å². The number of likely N-dealkylation sites (N-methyl/N-ethyl adjacent to an activating group) is 1. The predicted octanol–water partition coefficient (Wildman–Crippen LogP) is 2.11. The van der Waals surface area contributed by atoms with Gasteiger partial charge in [-0.3, -0.25) is 14.4 Å². The Labute approximate surface area is 184 Å². The minimum atomic E-state index is -0.679. The molecule has 0 saturated heterocycles. The summed E-state index contributed by atoms with van der Waals surface area (Å²) >= 11 is 0. The van der Waals surface area contributed by atoms with Gasteiger partial charge in [0.2, 0.25) is 11.3 Å². The van der Waals surface area contributed by atoms with E-state index in [1.807, 2.05) is 0 Å². The molecule has 0 aliphatic rings. The number of hydrogen-bond acceptors (Lipinski definition) is 5. The largest absolute Gasteiger partial charge is 0.346 e. The van der Waals surface area contributed by atoms with Crippen LogP contribution in [0.25, 0.3) is 5.69 Å². The quantitative estimate of drug-likeness (QED) is 0.590. The molecule has 2 N–H and O–H groups in total. The van der Waals surface area contributed by atoms with Crippen LogP contribution < -0.4 is 16.1 Å². The highest BCUT2D eigenvalue weighted by Gasteiger charge is 2.16. The lowest BCUT2D eigenvalue weighted by atomic mass is 10.2. The Balaban J connectivity index is 1.75. The molecule has 1 aromatic heterocycles. The molecule has 0 atom stereocenters. The summed E-state index contributed by atoms with van der Waals surface area (Å²) in [6, 6.07) is 14.2. The zero-order valence-electron chi connectivity index (χ0n) is 18.1. The average Bonchev–Trinajstić information content (AvgIpc) is 2.72. The molecule has 0 unspecified atom stereocenters. The van der Waals surface area contributed by atoms with Gasteiger partial charge in [-0.25, -0.2) is 9.07 Å². The summed E-state index contributed by atoms with van der Waals surface area (Å²) in [5, 5.41) is 9.53. The van der Waals surface area contributed by atoms with E-state index in [0.29, 0.717) is 11.4 Å². The average molecular weight is 437 g/mol. The first-order valence-corrected chi connectivity index (χ1v) is 9.92. The maximum Gasteiger partial charge on any atom is 0.276 e. The molecule has 32 heavy (non-hydrogen) atoms. The number of hydrogen-bond donors (Lipinski definition) is 2. The third-order valence-electron chi connectivity index (χ3n) is 4.53. The van der Waals surface area contributed by atoms with Crippen molar-refractivity contribution in [2.45, 2.75) is 13.5 Å². The number of aryl methyl sites for hydroxylation is 1. The second-order valence-corrected chi connectivity index (χ2v) is 7.53. The lowest BCUT2D eigenvalue weighted by Crippen LogP contribution is -2.31. The molecule has 3 rings (SSSR count). The van der Waals surface area contributed by atoms with Gasteiger partial charge >= 0.3 is 0 Å². The minimum absolute atomic E-state index is 0.116. The Morgan fingerprint density at radius 2 is 1.84 bits per heavy atom. The first-order valence-electron chi connectivity index (χ1n) is 9.92. The summed E-state index contributed by atoms with van der Waals surface area (Å²) in [6.07, 6.45) is 0. The van der Waals surface area contributed by atoms with Crippen LogP contribution in [0.4, 0.5) is 10.1 Å². The second kappa shape index (κ2) is 9.97. The number of benzene rings is 2. The van der Waals surface area contributed by atoms with Gasteiger partial charge in [0.25, 0.3) is 5.91 Å². The minimum Gasteiger partial charge on any atom is -0.346 e. The van der Waals surface area contributed by atoms with Gasteiger partial charge < -0.3 is 15.5 Å². The van der Waals surface area contributed by atoms with Crippen LogP contribution in [0.1, 0.15) is 21.7 Å². The van der Waals surface area contributed by atoms with Crippen LogP contribution in [0, 0.1) is 12.7 Å². The highest BCUT2D eigenvalue weighted by molar-refractivity contribution is 5.93. The monoisotopic (exact) mass is 437 g/mol. The van der Waals surface area contributed by atoms with Crippen molar-refractivity contribution in [2.24, 2.45) is 0 Å². The van der Waals surface area contributed by atoms with E-state index in [0.717, 1.165) is 5.56 Å². The SMILES string of the molecule is Cc1cc(=O)c(C(=O)NCc2cccc(NC(=O)CN(C)C)c2)nn1-c1ccccc1F. The number of rotatable bonds is 7. The van der Waals surface area contributed by atoms with Crippen molar-refractivity contribution in [1.82, 2.24) is 20.0 Å². The van der Waals surface area contributed by atoms with Gasteiger partial charge in [0.15, 0.2) is 5.69 Å². The summed E-state index contributed by atoms with van der Waals surface area (Å²) in [4.78, 5) is 38.7. The molecule has 2 aromatic carbocycles. The van der Waals surface area contributed by atoms with Crippen LogP contribution >= 0.6 is 0 Å². The summed E-state index contributed by atoms with van der Waals surface area (Å²) < 4.78 is 15.4. The summed E-state index contributed by atoms with van der Waals surface area (Å²) in [5.74, 6) is -1.36. The summed E-state index contributed by atoms with van der Waals surface area (Å²) in [6.45, 7) is 1.97. The topological polar surface area (TPSA) is 96.3 Å². The maximum absolute atomic E-state index is 14.2. The van der Waals surface area contributed by atoms with E-state index in [1.54, 1.807) is 62.3 Å². The lowest BCUT2D eigenvalue weighted by molar-refractivity contribution is -0.116. The molecule has 166 valence electrons. The molecule has 0 bridgehead atoms. The fourth-order valence-corrected chi connectivity index (χ4v) is 3.08. The number of nitrogens with one attached hydrogen (secondary N) is 2. The molecule has 0 aliphatic carbocycles. The van der Waals surface area contributed by atoms with Crippen LogP contribution in [-0.2, 0) is 11.3 Å². The molecule has 0 aliphatic heterocycles. The van der Waals surface area contributed by atoms with Crippen LogP contribution in [0.2, 0.25) is 0 Å². The highest BCUT2D eigenvalue weighted by Crippen LogP contribution is 2.13. The Morgan fingerprint density at radius 1 is 1.09 bits per heavy atom. The Kier molecular flexibility index (Phi) is 7.11. The zero-order valence-corrected chi connectivity index (χ0v) is 18.1. The van der Waals surface area contributed by atoms with Gasteiger partial charge in [-0.2, -0.15) is 5.10 Å². The molecule has 8 nitrogen and oxygen atoms in total. The molecule has 1 heterocycles. The highest BCUT2D eigenvalue weighted by atomic mass is 19.1. The number of halogens is 1. The van der Waals surface area contributed by atoms with Gasteiger partial charge in [0.1, 0.15) is 11.5 Å². The third kappa shape index (κ3) is 5.64. The van der Waals surface area contributed by atoms with Crippen LogP contribution in [0.5, 0.6) is 0 Å². The number of anilines is 1. The van der Waals surface area contributed by atoms with E-state index < -0.39 is 17.2 Å². The van der Waals surface area contributed by atoms with E-state index in [2.05, 4.69) is 15.7 Å². The maximum atomic E-state index is 14.2. The number of para-hydroxylation sites is 1. The summed E-state index contributed by atoms with van der Waals surface area (Å²) in [5.41, 5.74) is 0.964. The Bertz CT molecular complexity index is 1210. The fourth-order valence-electron chi connectivity index (χ4n) is 3.08.